The minimum Gasteiger partial charge on any atom is -0.331 e. The monoisotopic (exact) mass is 249 g/mol. The third-order valence-corrected chi connectivity index (χ3v) is 3.09. The highest BCUT2D eigenvalue weighted by Gasteiger charge is 2.13. The Morgan fingerprint density at radius 1 is 0.947 bits per heavy atom. The van der Waals surface area contributed by atoms with Crippen molar-refractivity contribution in [3.8, 4) is 0 Å². The fourth-order valence-corrected chi connectivity index (χ4v) is 2.02. The molecule has 2 aromatic carbocycles. The molecule has 0 bridgehead atoms. The molecular formula is C16H15N3. The summed E-state index contributed by atoms with van der Waals surface area (Å²) in [7, 11) is 0. The predicted molar refractivity (Wildman–Crippen MR) is 78.5 cm³/mol. The van der Waals surface area contributed by atoms with Gasteiger partial charge in [-0.15, -0.1) is 0 Å². The van der Waals surface area contributed by atoms with Crippen molar-refractivity contribution in [2.75, 3.05) is 0 Å². The molecule has 0 fully saturated rings. The van der Waals surface area contributed by atoms with Crippen molar-refractivity contribution >= 4 is 12.2 Å². The molecule has 3 nitrogen and oxygen atoms in total. The first kappa shape index (κ1) is 11.7. The van der Waals surface area contributed by atoms with E-state index in [0.29, 0.717) is 0 Å². The Bertz CT molecular complexity index is 612. The average Bonchev–Trinajstić information content (AvgIpc) is 2.49. The maximum atomic E-state index is 4.66. The van der Waals surface area contributed by atoms with Gasteiger partial charge in [0.1, 0.15) is 5.84 Å². The average molecular weight is 249 g/mol. The molecule has 1 N–H and O–H groups in total. The number of rotatable bonds is 2. The maximum Gasteiger partial charge on any atom is 0.169 e. The number of hydrogen-bond donors (Lipinski definition) is 1. The summed E-state index contributed by atoms with van der Waals surface area (Å²) in [5.41, 5.74) is 3.43. The van der Waals surface area contributed by atoms with Gasteiger partial charge in [0.05, 0.1) is 6.34 Å². The molecule has 0 aromatic heterocycles. The largest absolute Gasteiger partial charge is 0.331 e. The molecule has 0 saturated carbocycles. The van der Waals surface area contributed by atoms with E-state index in [0.717, 1.165) is 17.0 Å². The second-order valence-electron chi connectivity index (χ2n) is 4.55. The fourth-order valence-electron chi connectivity index (χ4n) is 2.02. The van der Waals surface area contributed by atoms with Crippen LogP contribution in [0.25, 0.3) is 0 Å². The summed E-state index contributed by atoms with van der Waals surface area (Å²) in [6.07, 6.45) is 1.57. The molecule has 19 heavy (non-hydrogen) atoms. The van der Waals surface area contributed by atoms with Crippen LogP contribution in [-0.4, -0.2) is 12.2 Å². The molecule has 0 amide bonds. The van der Waals surface area contributed by atoms with Gasteiger partial charge in [-0.05, 0) is 12.5 Å². The highest BCUT2D eigenvalue weighted by Crippen LogP contribution is 2.20. The minimum atomic E-state index is -0.154. The van der Waals surface area contributed by atoms with Crippen molar-refractivity contribution in [3.63, 3.8) is 0 Å². The van der Waals surface area contributed by atoms with Crippen LogP contribution >= 0.6 is 0 Å². The third kappa shape index (κ3) is 2.55. The van der Waals surface area contributed by atoms with Gasteiger partial charge in [0.2, 0.25) is 0 Å². The van der Waals surface area contributed by atoms with Crippen LogP contribution in [0, 0.1) is 6.92 Å². The zero-order chi connectivity index (χ0) is 13.1. The topological polar surface area (TPSA) is 36.8 Å². The van der Waals surface area contributed by atoms with E-state index in [9.17, 15) is 0 Å². The lowest BCUT2D eigenvalue weighted by Gasteiger charge is -2.16. The van der Waals surface area contributed by atoms with Gasteiger partial charge in [-0.2, -0.15) is 0 Å². The summed E-state index contributed by atoms with van der Waals surface area (Å²) < 4.78 is 0. The quantitative estimate of drug-likeness (QED) is 0.872. The Hall–Kier alpha value is -2.42. The van der Waals surface area contributed by atoms with Crippen LogP contribution in [-0.2, 0) is 0 Å². The number of nitrogens with one attached hydrogen (secondary N) is 1. The lowest BCUT2D eigenvalue weighted by Crippen LogP contribution is -2.27. The van der Waals surface area contributed by atoms with E-state index in [4.69, 9.17) is 0 Å². The molecule has 0 saturated heterocycles. The SMILES string of the molecule is Cc1ccc(C2=NC(c3ccccc3)N=CN2)cc1. The van der Waals surface area contributed by atoms with Gasteiger partial charge in [-0.25, -0.2) is 9.98 Å². The van der Waals surface area contributed by atoms with E-state index >= 15 is 0 Å². The lowest BCUT2D eigenvalue weighted by atomic mass is 10.1. The molecule has 1 unspecified atom stereocenters. The summed E-state index contributed by atoms with van der Waals surface area (Å²) in [5, 5.41) is 3.11. The summed E-state index contributed by atoms with van der Waals surface area (Å²) in [6, 6.07) is 18.4. The van der Waals surface area contributed by atoms with Crippen molar-refractivity contribution in [1.82, 2.24) is 5.32 Å². The Kier molecular flexibility index (Phi) is 3.11. The normalized spacial score (nSPS) is 17.7. The van der Waals surface area contributed by atoms with Crippen molar-refractivity contribution < 1.29 is 0 Å². The maximum absolute atomic E-state index is 4.66. The Morgan fingerprint density at radius 3 is 2.42 bits per heavy atom. The zero-order valence-electron chi connectivity index (χ0n) is 10.7. The number of nitrogens with zero attached hydrogens (tertiary/aromatic N) is 2. The molecule has 0 radical (unpaired) electrons. The Morgan fingerprint density at radius 2 is 1.68 bits per heavy atom. The summed E-state index contributed by atoms with van der Waals surface area (Å²) in [5.74, 6) is 0.865. The molecule has 2 aromatic rings. The van der Waals surface area contributed by atoms with Gasteiger partial charge in [-0.1, -0.05) is 60.2 Å². The number of aliphatic imine (C=N–C) groups is 2. The van der Waals surface area contributed by atoms with Crippen LogP contribution in [0.2, 0.25) is 0 Å². The molecule has 3 rings (SSSR count). The number of benzene rings is 2. The summed E-state index contributed by atoms with van der Waals surface area (Å²) >= 11 is 0. The van der Waals surface area contributed by atoms with Crippen LogP contribution in [0.1, 0.15) is 22.9 Å². The van der Waals surface area contributed by atoms with Crippen LogP contribution < -0.4 is 5.32 Å². The van der Waals surface area contributed by atoms with Gasteiger partial charge < -0.3 is 5.32 Å². The van der Waals surface area contributed by atoms with Crippen molar-refractivity contribution in [2.45, 2.75) is 13.1 Å². The predicted octanol–water partition coefficient (Wildman–Crippen LogP) is 3.07. The van der Waals surface area contributed by atoms with E-state index in [1.807, 2.05) is 30.3 Å². The van der Waals surface area contributed by atoms with Crippen molar-refractivity contribution in [2.24, 2.45) is 9.98 Å². The minimum absolute atomic E-state index is 0.154. The highest BCUT2D eigenvalue weighted by atomic mass is 15.2. The number of hydrogen-bond acceptors (Lipinski definition) is 3. The van der Waals surface area contributed by atoms with Gasteiger partial charge in [-0.3, -0.25) is 0 Å². The van der Waals surface area contributed by atoms with Crippen molar-refractivity contribution in [1.29, 1.82) is 0 Å². The number of amidine groups is 1. The smallest absolute Gasteiger partial charge is 0.169 e. The van der Waals surface area contributed by atoms with Crippen LogP contribution in [0.5, 0.6) is 0 Å². The molecule has 0 spiro atoms. The van der Waals surface area contributed by atoms with Gasteiger partial charge in [0, 0.05) is 5.56 Å². The molecule has 1 aliphatic rings. The van der Waals surface area contributed by atoms with Gasteiger partial charge in [0.15, 0.2) is 6.17 Å². The second-order valence-corrected chi connectivity index (χ2v) is 4.55. The van der Waals surface area contributed by atoms with E-state index in [1.54, 1.807) is 6.34 Å². The van der Waals surface area contributed by atoms with Crippen molar-refractivity contribution in [3.05, 3.63) is 71.3 Å². The molecule has 94 valence electrons. The molecule has 1 atom stereocenters. The number of aryl methyl sites for hydroxylation is 1. The van der Waals surface area contributed by atoms with E-state index < -0.39 is 0 Å². The summed E-state index contributed by atoms with van der Waals surface area (Å²) in [4.78, 5) is 9.03. The molecule has 1 aliphatic heterocycles. The molecule has 1 heterocycles. The fraction of sp³-hybridized carbons (Fsp3) is 0.125. The Labute approximate surface area is 112 Å². The first-order valence-electron chi connectivity index (χ1n) is 6.31. The van der Waals surface area contributed by atoms with E-state index in [-0.39, 0.29) is 6.17 Å². The summed E-state index contributed by atoms with van der Waals surface area (Å²) in [6.45, 7) is 2.08. The standard InChI is InChI=1S/C16H15N3/c1-12-7-9-14(10-8-12)16-18-11-17-15(19-16)13-5-3-2-4-6-13/h2-11,15H,1H3,(H,17,18,19). The van der Waals surface area contributed by atoms with Crippen LogP contribution in [0.15, 0.2) is 64.6 Å². The molecular weight excluding hydrogens is 234 g/mol. The lowest BCUT2D eigenvalue weighted by molar-refractivity contribution is 0.762. The Balaban J connectivity index is 1.91. The van der Waals surface area contributed by atoms with Gasteiger partial charge >= 0.3 is 0 Å². The molecule has 0 aliphatic carbocycles. The van der Waals surface area contributed by atoms with Crippen LogP contribution in [0.4, 0.5) is 0 Å². The third-order valence-electron chi connectivity index (χ3n) is 3.09. The van der Waals surface area contributed by atoms with E-state index in [2.05, 4.69) is 46.5 Å². The highest BCUT2D eigenvalue weighted by molar-refractivity contribution is 6.05. The first-order valence-corrected chi connectivity index (χ1v) is 6.31. The second kappa shape index (κ2) is 5.06. The zero-order valence-corrected chi connectivity index (χ0v) is 10.7. The van der Waals surface area contributed by atoms with Gasteiger partial charge in [0.25, 0.3) is 0 Å². The van der Waals surface area contributed by atoms with E-state index in [1.165, 1.54) is 5.56 Å². The molecule has 3 heteroatoms. The van der Waals surface area contributed by atoms with Crippen LogP contribution in [0.3, 0.4) is 0 Å². The first-order chi connectivity index (χ1) is 9.33.